The fraction of sp³-hybridized carbons (Fsp3) is 0.706. The van der Waals surface area contributed by atoms with Gasteiger partial charge in [0, 0.05) is 25.4 Å². The molecule has 2 unspecified atom stereocenters. The molecule has 3 aliphatic rings. The number of pyridine rings is 1. The van der Waals surface area contributed by atoms with Crippen molar-refractivity contribution in [1.82, 2.24) is 9.88 Å². The Balaban J connectivity index is 1.38. The van der Waals surface area contributed by atoms with E-state index < -0.39 is 0 Å². The number of hydrogen-bond donors (Lipinski definition) is 0. The minimum Gasteiger partial charge on any atom is -0.380 e. The molecule has 1 aliphatic carbocycles. The highest BCUT2D eigenvalue weighted by molar-refractivity contribution is 5.32. The average Bonchev–Trinajstić information content (AvgIpc) is 3.19. The van der Waals surface area contributed by atoms with E-state index in [9.17, 15) is 4.39 Å². The van der Waals surface area contributed by atoms with Crippen molar-refractivity contribution in [1.29, 1.82) is 0 Å². The third-order valence-electron chi connectivity index (χ3n) is 5.55. The van der Waals surface area contributed by atoms with E-state index in [1.807, 2.05) is 0 Å². The summed E-state index contributed by atoms with van der Waals surface area (Å²) in [7, 11) is 0. The standard InChI is InChI=1S/C17H23FN2O/c18-17-8-14-2-1-13(16(14)9-19-17)7-12-3-5-20(10-12)15-4-6-21-11-15/h8-9,12-13,15H,1-7,10-11H2/t12-,13?,15?/m0/s1. The van der Waals surface area contributed by atoms with Gasteiger partial charge in [-0.1, -0.05) is 0 Å². The van der Waals surface area contributed by atoms with Crippen LogP contribution in [-0.2, 0) is 11.2 Å². The average molecular weight is 290 g/mol. The van der Waals surface area contributed by atoms with Crippen LogP contribution < -0.4 is 0 Å². The summed E-state index contributed by atoms with van der Waals surface area (Å²) in [4.78, 5) is 6.48. The van der Waals surface area contributed by atoms with Crippen molar-refractivity contribution < 1.29 is 9.13 Å². The molecule has 0 bridgehead atoms. The van der Waals surface area contributed by atoms with E-state index in [1.54, 1.807) is 12.3 Å². The van der Waals surface area contributed by atoms with Crippen LogP contribution in [0.4, 0.5) is 4.39 Å². The fourth-order valence-corrected chi connectivity index (χ4v) is 4.39. The van der Waals surface area contributed by atoms with Crippen LogP contribution in [0.2, 0.25) is 0 Å². The van der Waals surface area contributed by atoms with E-state index in [2.05, 4.69) is 9.88 Å². The quantitative estimate of drug-likeness (QED) is 0.800. The number of aromatic nitrogens is 1. The molecule has 1 aromatic heterocycles. The monoisotopic (exact) mass is 290 g/mol. The summed E-state index contributed by atoms with van der Waals surface area (Å²) in [6.07, 6.45) is 7.71. The molecule has 4 rings (SSSR count). The van der Waals surface area contributed by atoms with Crippen molar-refractivity contribution in [2.24, 2.45) is 5.92 Å². The minimum absolute atomic E-state index is 0.331. The predicted molar refractivity (Wildman–Crippen MR) is 78.8 cm³/mol. The maximum absolute atomic E-state index is 13.2. The highest BCUT2D eigenvalue weighted by Gasteiger charge is 2.33. The van der Waals surface area contributed by atoms with Crippen molar-refractivity contribution in [3.63, 3.8) is 0 Å². The summed E-state index contributed by atoms with van der Waals surface area (Å²) in [5.41, 5.74) is 2.49. The molecule has 0 spiro atoms. The lowest BCUT2D eigenvalue weighted by Gasteiger charge is -2.23. The first-order valence-corrected chi connectivity index (χ1v) is 8.25. The van der Waals surface area contributed by atoms with Crippen molar-refractivity contribution >= 4 is 0 Å². The number of aryl methyl sites for hydroxylation is 1. The zero-order valence-corrected chi connectivity index (χ0v) is 12.4. The third kappa shape index (κ3) is 2.71. The van der Waals surface area contributed by atoms with Crippen LogP contribution >= 0.6 is 0 Å². The molecule has 1 aromatic rings. The molecule has 0 amide bonds. The van der Waals surface area contributed by atoms with E-state index in [-0.39, 0.29) is 5.95 Å². The Labute approximate surface area is 125 Å². The Hall–Kier alpha value is -1.00. The van der Waals surface area contributed by atoms with Crippen LogP contribution in [0.15, 0.2) is 12.3 Å². The molecular formula is C17H23FN2O. The SMILES string of the molecule is Fc1cc2c(cn1)C(C[C@@H]1CCN(C3CCOC3)C1)CC2. The van der Waals surface area contributed by atoms with E-state index in [1.165, 1.54) is 49.9 Å². The zero-order chi connectivity index (χ0) is 14.2. The second kappa shape index (κ2) is 5.65. The summed E-state index contributed by atoms with van der Waals surface area (Å²) < 4.78 is 18.7. The molecule has 3 nitrogen and oxygen atoms in total. The lowest BCUT2D eigenvalue weighted by molar-refractivity contribution is 0.156. The van der Waals surface area contributed by atoms with Gasteiger partial charge in [0.05, 0.1) is 6.61 Å². The first-order chi connectivity index (χ1) is 10.3. The Morgan fingerprint density at radius 1 is 1.33 bits per heavy atom. The molecular weight excluding hydrogens is 267 g/mol. The van der Waals surface area contributed by atoms with E-state index in [0.29, 0.717) is 12.0 Å². The van der Waals surface area contributed by atoms with Gasteiger partial charge >= 0.3 is 0 Å². The summed E-state index contributed by atoms with van der Waals surface area (Å²) in [6.45, 7) is 4.29. The second-order valence-corrected chi connectivity index (χ2v) is 6.84. The molecule has 114 valence electrons. The summed E-state index contributed by atoms with van der Waals surface area (Å²) in [5, 5.41) is 0. The first-order valence-electron chi connectivity index (χ1n) is 8.25. The van der Waals surface area contributed by atoms with Crippen LogP contribution in [-0.4, -0.2) is 42.2 Å². The Morgan fingerprint density at radius 3 is 3.14 bits per heavy atom. The second-order valence-electron chi connectivity index (χ2n) is 6.84. The molecule has 0 N–H and O–H groups in total. The molecule has 2 aliphatic heterocycles. The van der Waals surface area contributed by atoms with Crippen molar-refractivity contribution in [2.75, 3.05) is 26.3 Å². The number of hydrogen-bond acceptors (Lipinski definition) is 3. The predicted octanol–water partition coefficient (Wildman–Crippen LogP) is 2.75. The smallest absolute Gasteiger partial charge is 0.213 e. The molecule has 2 saturated heterocycles. The Morgan fingerprint density at radius 2 is 2.29 bits per heavy atom. The van der Waals surface area contributed by atoms with Gasteiger partial charge in [-0.25, -0.2) is 4.98 Å². The maximum Gasteiger partial charge on any atom is 0.213 e. The zero-order valence-electron chi connectivity index (χ0n) is 12.4. The van der Waals surface area contributed by atoms with Crippen LogP contribution in [0.5, 0.6) is 0 Å². The van der Waals surface area contributed by atoms with Crippen LogP contribution in [0.1, 0.15) is 42.7 Å². The minimum atomic E-state index is -0.331. The number of likely N-dealkylation sites (tertiary alicyclic amines) is 1. The van der Waals surface area contributed by atoms with Crippen LogP contribution in [0, 0.1) is 11.9 Å². The number of halogens is 1. The number of ether oxygens (including phenoxy) is 1. The molecule has 21 heavy (non-hydrogen) atoms. The molecule has 0 saturated carbocycles. The highest BCUT2D eigenvalue weighted by Crippen LogP contribution is 2.39. The Kier molecular flexibility index (Phi) is 3.67. The maximum atomic E-state index is 13.2. The van der Waals surface area contributed by atoms with Gasteiger partial charge in [0.2, 0.25) is 5.95 Å². The summed E-state index contributed by atoms with van der Waals surface area (Å²) in [5.74, 6) is 1.05. The molecule has 0 aromatic carbocycles. The van der Waals surface area contributed by atoms with E-state index in [4.69, 9.17) is 4.74 Å². The number of rotatable bonds is 3. The normalized spacial score (nSPS) is 32.7. The lowest BCUT2D eigenvalue weighted by atomic mass is 9.90. The van der Waals surface area contributed by atoms with Gasteiger partial charge in [-0.15, -0.1) is 0 Å². The van der Waals surface area contributed by atoms with Gasteiger partial charge in [0.1, 0.15) is 0 Å². The number of fused-ring (bicyclic) bond motifs is 1. The van der Waals surface area contributed by atoms with E-state index >= 15 is 0 Å². The van der Waals surface area contributed by atoms with Crippen molar-refractivity contribution in [2.45, 2.75) is 44.1 Å². The molecule has 2 fully saturated rings. The molecule has 4 heteroatoms. The Bertz CT molecular complexity index is 516. The van der Waals surface area contributed by atoms with Crippen molar-refractivity contribution in [3.8, 4) is 0 Å². The van der Waals surface area contributed by atoms with Gasteiger partial charge in [-0.05, 0) is 67.7 Å². The number of nitrogens with zero attached hydrogens (tertiary/aromatic N) is 2. The molecule has 3 heterocycles. The van der Waals surface area contributed by atoms with E-state index in [0.717, 1.165) is 25.6 Å². The van der Waals surface area contributed by atoms with Gasteiger partial charge < -0.3 is 4.74 Å². The van der Waals surface area contributed by atoms with Crippen molar-refractivity contribution in [3.05, 3.63) is 29.3 Å². The largest absolute Gasteiger partial charge is 0.380 e. The topological polar surface area (TPSA) is 25.4 Å². The highest BCUT2D eigenvalue weighted by atomic mass is 19.1. The third-order valence-corrected chi connectivity index (χ3v) is 5.55. The lowest BCUT2D eigenvalue weighted by Crippen LogP contribution is -2.33. The summed E-state index contributed by atoms with van der Waals surface area (Å²) in [6, 6.07) is 2.29. The summed E-state index contributed by atoms with van der Waals surface area (Å²) >= 11 is 0. The van der Waals surface area contributed by atoms with Crippen LogP contribution in [0.25, 0.3) is 0 Å². The van der Waals surface area contributed by atoms with Gasteiger partial charge in [-0.3, -0.25) is 4.90 Å². The van der Waals surface area contributed by atoms with Crippen LogP contribution in [0.3, 0.4) is 0 Å². The first kappa shape index (κ1) is 13.6. The van der Waals surface area contributed by atoms with Gasteiger partial charge in [0.15, 0.2) is 0 Å². The molecule has 3 atom stereocenters. The molecule has 0 radical (unpaired) electrons. The van der Waals surface area contributed by atoms with Gasteiger partial charge in [-0.2, -0.15) is 4.39 Å². The fourth-order valence-electron chi connectivity index (χ4n) is 4.39. The van der Waals surface area contributed by atoms with Gasteiger partial charge in [0.25, 0.3) is 0 Å².